The number of aromatic nitrogens is 2. The van der Waals surface area contributed by atoms with Gasteiger partial charge in [-0.2, -0.15) is 0 Å². The highest BCUT2D eigenvalue weighted by Gasteiger charge is 2.32. The van der Waals surface area contributed by atoms with Crippen molar-refractivity contribution in [3.8, 4) is 0 Å². The summed E-state index contributed by atoms with van der Waals surface area (Å²) in [6, 6.07) is 20.4. The number of H-pyrrole nitrogens is 1. The van der Waals surface area contributed by atoms with Crippen LogP contribution in [0.25, 0.3) is 10.8 Å². The maximum Gasteiger partial charge on any atom is 0.408 e. The summed E-state index contributed by atoms with van der Waals surface area (Å²) in [7, 11) is -3.60. The van der Waals surface area contributed by atoms with Gasteiger partial charge >= 0.3 is 6.09 Å². The third-order valence-electron chi connectivity index (χ3n) is 8.93. The molecule has 4 atom stereocenters. The zero-order valence-electron chi connectivity index (χ0n) is 28.6. The van der Waals surface area contributed by atoms with E-state index >= 15 is 0 Å². The van der Waals surface area contributed by atoms with E-state index in [4.69, 9.17) is 9.26 Å². The lowest BCUT2D eigenvalue weighted by Gasteiger charge is -2.30. The number of hydrogen-bond donors (Lipinski definition) is 5. The number of benzene rings is 3. The average molecular weight is 717 g/mol. The van der Waals surface area contributed by atoms with E-state index in [0.29, 0.717) is 18.5 Å². The Bertz CT molecular complexity index is 1790. The fourth-order valence-electron chi connectivity index (χ4n) is 6.39. The lowest BCUT2D eigenvalue weighted by molar-refractivity contribution is -0.131. The molecule has 0 saturated heterocycles. The van der Waals surface area contributed by atoms with Crippen LogP contribution in [0.5, 0.6) is 0 Å². The number of hydrogen-bond acceptors (Lipinski definition) is 8. The first-order valence-electron chi connectivity index (χ1n) is 17.2. The van der Waals surface area contributed by atoms with E-state index in [1.807, 2.05) is 72.8 Å². The lowest BCUT2D eigenvalue weighted by Crippen LogP contribution is -2.56. The molecule has 270 valence electrons. The van der Waals surface area contributed by atoms with Crippen LogP contribution in [0.3, 0.4) is 0 Å². The van der Waals surface area contributed by atoms with Gasteiger partial charge < -0.3 is 25.7 Å². The number of carbonyl (C=O) groups is 4. The molecule has 51 heavy (non-hydrogen) atoms. The summed E-state index contributed by atoms with van der Waals surface area (Å²) in [6.07, 6.45) is 7.11. The number of fused-ring (bicyclic) bond motifs is 1. The van der Waals surface area contributed by atoms with Crippen LogP contribution >= 0.6 is 7.52 Å². The van der Waals surface area contributed by atoms with Crippen molar-refractivity contribution in [1.29, 1.82) is 0 Å². The Morgan fingerprint density at radius 2 is 1.61 bits per heavy atom. The molecule has 0 radical (unpaired) electrons. The molecule has 1 saturated carbocycles. The van der Waals surface area contributed by atoms with Crippen molar-refractivity contribution >= 4 is 42.6 Å². The molecule has 5 N–H and O–H groups in total. The number of amides is 4. The Hall–Kier alpha value is -5.00. The summed E-state index contributed by atoms with van der Waals surface area (Å²) in [5, 5.41) is 12.5. The minimum atomic E-state index is -3.60. The van der Waals surface area contributed by atoms with Gasteiger partial charge in [0.25, 0.3) is 7.52 Å². The van der Waals surface area contributed by atoms with Gasteiger partial charge in [-0.05, 0) is 34.2 Å². The number of alkyl carbamates (subject to hydrolysis) is 1. The Kier molecular flexibility index (Phi) is 13.4. The molecule has 13 nitrogen and oxygen atoms in total. The largest absolute Gasteiger partial charge is 0.445 e. The van der Waals surface area contributed by atoms with Gasteiger partial charge in [0.05, 0.1) is 6.33 Å². The van der Waals surface area contributed by atoms with Crippen molar-refractivity contribution in [1.82, 2.24) is 31.0 Å². The van der Waals surface area contributed by atoms with E-state index in [1.165, 1.54) is 13.0 Å². The van der Waals surface area contributed by atoms with Gasteiger partial charge in [0, 0.05) is 31.4 Å². The van der Waals surface area contributed by atoms with Gasteiger partial charge in [0.1, 0.15) is 24.9 Å². The highest BCUT2D eigenvalue weighted by molar-refractivity contribution is 7.56. The minimum Gasteiger partial charge on any atom is -0.445 e. The first-order chi connectivity index (χ1) is 24.7. The van der Waals surface area contributed by atoms with Crippen molar-refractivity contribution in [3.05, 3.63) is 102 Å². The molecule has 3 aromatic carbocycles. The first kappa shape index (κ1) is 37.3. The van der Waals surface area contributed by atoms with E-state index in [-0.39, 0.29) is 25.4 Å². The normalized spacial score (nSPS) is 16.2. The summed E-state index contributed by atoms with van der Waals surface area (Å²) in [5.74, 6) is -0.995. The summed E-state index contributed by atoms with van der Waals surface area (Å²) in [6.45, 7) is 1.27. The predicted molar refractivity (Wildman–Crippen MR) is 192 cm³/mol. The molecular formula is C37H45N6O7P. The van der Waals surface area contributed by atoms with E-state index in [9.17, 15) is 23.7 Å². The van der Waals surface area contributed by atoms with Gasteiger partial charge in [-0.25, -0.2) is 9.78 Å². The fraction of sp³-hybridized carbons (Fsp3) is 0.378. The average Bonchev–Trinajstić information content (AvgIpc) is 3.64. The summed E-state index contributed by atoms with van der Waals surface area (Å²) < 4.78 is 24.3. The van der Waals surface area contributed by atoms with Gasteiger partial charge in [0.15, 0.2) is 0 Å². The van der Waals surface area contributed by atoms with E-state index in [2.05, 4.69) is 31.0 Å². The summed E-state index contributed by atoms with van der Waals surface area (Å²) in [5.41, 5.74) is 2.17. The van der Waals surface area contributed by atoms with Crippen molar-refractivity contribution in [3.63, 3.8) is 0 Å². The van der Waals surface area contributed by atoms with E-state index < -0.39 is 43.7 Å². The van der Waals surface area contributed by atoms with Gasteiger partial charge in [-0.1, -0.05) is 105 Å². The van der Waals surface area contributed by atoms with Gasteiger partial charge in [0.2, 0.25) is 18.2 Å². The Labute approximate surface area is 297 Å². The fourth-order valence-corrected chi connectivity index (χ4v) is 7.26. The van der Waals surface area contributed by atoms with E-state index in [0.717, 1.165) is 54.0 Å². The molecule has 1 aliphatic rings. The van der Waals surface area contributed by atoms with Crippen molar-refractivity contribution < 1.29 is 33.0 Å². The smallest absolute Gasteiger partial charge is 0.408 e. The number of imidazole rings is 1. The van der Waals surface area contributed by atoms with Crippen LogP contribution in [-0.2, 0) is 47.7 Å². The molecule has 0 spiro atoms. The second kappa shape index (κ2) is 18.3. The number of carbonyl (C=O) groups excluding carboxylic acids is 4. The molecule has 4 amide bonds. The molecule has 1 aliphatic carbocycles. The molecule has 14 heteroatoms. The van der Waals surface area contributed by atoms with Gasteiger partial charge in [-0.15, -0.1) is 0 Å². The Morgan fingerprint density at radius 3 is 2.35 bits per heavy atom. The standard InChI is InChI=1S/C37H45N6O7P/c1-51(48,40-25-44)50-34(19-26-11-4-2-5-12-26)43-36(46)33(21-30-22-38-24-39-30)41-35(45)32(42-37(47)49-23-27-13-6-3-7-14-27)20-29-17-10-16-28-15-8-9-18-31(28)29/h3,6-10,13-18,22,24-26,32-34H,2,4-5,11-12,19-21,23H2,1H3,(H,38,39)(H,41,45)(H,42,47)(H,43,46)(H,40,44,48)/t32?,33-,34?,51?/m0/s1. The summed E-state index contributed by atoms with van der Waals surface area (Å²) in [4.78, 5) is 59.4. The number of ether oxygens (including phenoxy) is 1. The molecule has 3 unspecified atom stereocenters. The molecule has 0 aliphatic heterocycles. The van der Waals surface area contributed by atoms with Crippen LogP contribution in [0, 0.1) is 5.92 Å². The summed E-state index contributed by atoms with van der Waals surface area (Å²) >= 11 is 0. The quantitative estimate of drug-likeness (QED) is 0.0567. The van der Waals surface area contributed by atoms with Crippen molar-refractivity contribution in [2.24, 2.45) is 5.92 Å². The molecule has 1 heterocycles. The first-order valence-corrected chi connectivity index (χ1v) is 19.3. The molecular weight excluding hydrogens is 671 g/mol. The van der Waals surface area contributed by atoms with Crippen molar-refractivity contribution in [2.75, 3.05) is 6.66 Å². The molecule has 0 bridgehead atoms. The second-order valence-corrected chi connectivity index (χ2v) is 15.0. The number of nitrogens with one attached hydrogen (secondary N) is 5. The number of aromatic amines is 1. The van der Waals surface area contributed by atoms with Gasteiger partial charge in [-0.3, -0.25) is 28.6 Å². The highest BCUT2D eigenvalue weighted by Crippen LogP contribution is 2.40. The number of nitrogens with zero attached hydrogens (tertiary/aromatic N) is 1. The zero-order chi connectivity index (χ0) is 36.1. The number of rotatable bonds is 17. The maximum atomic E-state index is 14.1. The third-order valence-corrected chi connectivity index (χ3v) is 10.2. The topological polar surface area (TPSA) is 181 Å². The van der Waals surface area contributed by atoms with Crippen LogP contribution < -0.4 is 21.0 Å². The third kappa shape index (κ3) is 11.5. The molecule has 1 fully saturated rings. The molecule has 5 rings (SSSR count). The molecule has 1 aromatic heterocycles. The zero-order valence-corrected chi connectivity index (χ0v) is 29.5. The monoisotopic (exact) mass is 716 g/mol. The van der Waals surface area contributed by atoms with Crippen LogP contribution in [0.4, 0.5) is 4.79 Å². The lowest BCUT2D eigenvalue weighted by atomic mass is 9.86. The Balaban J connectivity index is 1.37. The van der Waals surface area contributed by atoms with Crippen LogP contribution in [0.1, 0.15) is 55.3 Å². The van der Waals surface area contributed by atoms with Crippen LogP contribution in [0.15, 0.2) is 85.3 Å². The van der Waals surface area contributed by atoms with Crippen LogP contribution in [-0.4, -0.2) is 59.3 Å². The SMILES string of the molecule is CP(=O)(NC=O)OC(CC1CCCCC1)NC(=O)[C@H](Cc1cnc[nH]1)NC(=O)C(Cc1cccc2ccccc12)NC(=O)OCc1ccccc1. The minimum absolute atomic E-state index is 0.00274. The van der Waals surface area contributed by atoms with E-state index in [1.54, 1.807) is 6.20 Å². The Morgan fingerprint density at radius 1 is 0.902 bits per heavy atom. The molecule has 4 aromatic rings. The highest BCUT2D eigenvalue weighted by atomic mass is 31.2. The predicted octanol–water partition coefficient (Wildman–Crippen LogP) is 5.13. The van der Waals surface area contributed by atoms with Crippen LogP contribution in [0.2, 0.25) is 0 Å². The van der Waals surface area contributed by atoms with Crippen molar-refractivity contribution in [2.45, 2.75) is 76.3 Å². The second-order valence-electron chi connectivity index (χ2n) is 12.9. The maximum absolute atomic E-state index is 14.1.